The van der Waals surface area contributed by atoms with Crippen molar-refractivity contribution >= 4 is 5.91 Å². The van der Waals surface area contributed by atoms with Gasteiger partial charge in [0.15, 0.2) is 0 Å². The van der Waals surface area contributed by atoms with Gasteiger partial charge in [-0.05, 0) is 37.0 Å². The summed E-state index contributed by atoms with van der Waals surface area (Å²) in [5.74, 6) is 1.07. The first-order valence-electron chi connectivity index (χ1n) is 9.13. The SMILES string of the molecule is O=C(Cn1ccnc1)N1CCCCC1c1ncc(Cc2ccc(F)cc2)o1. The van der Waals surface area contributed by atoms with Gasteiger partial charge in [-0.3, -0.25) is 4.79 Å². The van der Waals surface area contributed by atoms with Crippen LogP contribution in [-0.2, 0) is 17.8 Å². The molecular formula is C20H21FN4O2. The topological polar surface area (TPSA) is 64.2 Å². The highest BCUT2D eigenvalue weighted by atomic mass is 19.1. The minimum absolute atomic E-state index is 0.0379. The maximum Gasteiger partial charge on any atom is 0.243 e. The number of oxazole rings is 1. The van der Waals surface area contributed by atoms with Crippen molar-refractivity contribution in [2.45, 2.75) is 38.3 Å². The fourth-order valence-corrected chi connectivity index (χ4v) is 3.48. The molecule has 0 radical (unpaired) electrons. The van der Waals surface area contributed by atoms with Crippen LogP contribution < -0.4 is 0 Å². The molecule has 0 bridgehead atoms. The molecule has 1 unspecified atom stereocenters. The number of rotatable bonds is 5. The number of carbonyl (C=O) groups excluding carboxylic acids is 1. The predicted octanol–water partition coefficient (Wildman–Crippen LogP) is 3.35. The molecule has 3 aromatic rings. The van der Waals surface area contributed by atoms with Gasteiger partial charge in [-0.15, -0.1) is 0 Å². The van der Waals surface area contributed by atoms with Gasteiger partial charge in [0.05, 0.1) is 12.5 Å². The number of nitrogens with zero attached hydrogens (tertiary/aromatic N) is 4. The van der Waals surface area contributed by atoms with E-state index in [0.29, 0.717) is 24.6 Å². The van der Waals surface area contributed by atoms with Crippen LogP contribution in [0.2, 0.25) is 0 Å². The fraction of sp³-hybridized carbons (Fsp3) is 0.350. The van der Waals surface area contributed by atoms with Crippen molar-refractivity contribution < 1.29 is 13.6 Å². The van der Waals surface area contributed by atoms with Crippen molar-refractivity contribution in [2.24, 2.45) is 0 Å². The lowest BCUT2D eigenvalue weighted by Crippen LogP contribution is -2.40. The number of piperidine rings is 1. The molecule has 1 fully saturated rings. The summed E-state index contributed by atoms with van der Waals surface area (Å²) >= 11 is 0. The zero-order valence-electron chi connectivity index (χ0n) is 14.9. The van der Waals surface area contributed by atoms with Gasteiger partial charge in [-0.1, -0.05) is 12.1 Å². The van der Waals surface area contributed by atoms with E-state index in [1.807, 2.05) is 4.90 Å². The van der Waals surface area contributed by atoms with E-state index in [1.165, 1.54) is 12.1 Å². The van der Waals surface area contributed by atoms with E-state index in [0.717, 1.165) is 24.8 Å². The molecule has 7 heteroatoms. The lowest BCUT2D eigenvalue weighted by molar-refractivity contribution is -0.136. The van der Waals surface area contributed by atoms with E-state index in [9.17, 15) is 9.18 Å². The van der Waals surface area contributed by atoms with Crippen molar-refractivity contribution in [1.82, 2.24) is 19.4 Å². The molecule has 27 heavy (non-hydrogen) atoms. The number of benzene rings is 1. The van der Waals surface area contributed by atoms with E-state index in [-0.39, 0.29) is 24.3 Å². The lowest BCUT2D eigenvalue weighted by Gasteiger charge is -2.33. The molecule has 2 aromatic heterocycles. The molecule has 1 aromatic carbocycles. The average Bonchev–Trinajstić information content (AvgIpc) is 3.36. The summed E-state index contributed by atoms with van der Waals surface area (Å²) in [7, 11) is 0. The standard InChI is InChI=1S/C20H21FN4O2/c21-16-6-4-15(5-7-16)11-17-12-23-20(27-17)18-3-1-2-9-25(18)19(26)13-24-10-8-22-14-24/h4-8,10,12,14,18H,1-3,9,11,13H2. The van der Waals surface area contributed by atoms with Gasteiger partial charge < -0.3 is 13.9 Å². The zero-order chi connectivity index (χ0) is 18.6. The van der Waals surface area contributed by atoms with Crippen LogP contribution in [0.3, 0.4) is 0 Å². The second-order valence-electron chi connectivity index (χ2n) is 6.80. The number of hydrogen-bond donors (Lipinski definition) is 0. The average molecular weight is 368 g/mol. The molecule has 1 saturated heterocycles. The van der Waals surface area contributed by atoms with Gasteiger partial charge in [0, 0.05) is 25.4 Å². The Bertz CT molecular complexity index is 889. The van der Waals surface area contributed by atoms with Crippen LogP contribution in [0.15, 0.2) is 53.6 Å². The smallest absolute Gasteiger partial charge is 0.243 e. The molecule has 3 heterocycles. The van der Waals surface area contributed by atoms with Crippen LogP contribution in [0.1, 0.15) is 42.5 Å². The van der Waals surface area contributed by atoms with Gasteiger partial charge >= 0.3 is 0 Å². The third-order valence-electron chi connectivity index (χ3n) is 4.85. The van der Waals surface area contributed by atoms with Crippen LogP contribution in [0, 0.1) is 5.82 Å². The Labute approximate surface area is 156 Å². The monoisotopic (exact) mass is 368 g/mol. The number of likely N-dealkylation sites (tertiary alicyclic amines) is 1. The molecular weight excluding hydrogens is 347 g/mol. The first-order chi connectivity index (χ1) is 13.2. The number of amides is 1. The fourth-order valence-electron chi connectivity index (χ4n) is 3.48. The van der Waals surface area contributed by atoms with Gasteiger partial charge in [0.25, 0.3) is 0 Å². The molecule has 0 spiro atoms. The third-order valence-corrected chi connectivity index (χ3v) is 4.85. The van der Waals surface area contributed by atoms with E-state index >= 15 is 0 Å². The zero-order valence-corrected chi connectivity index (χ0v) is 14.9. The first kappa shape index (κ1) is 17.5. The maximum atomic E-state index is 13.0. The normalized spacial score (nSPS) is 17.2. The summed E-state index contributed by atoms with van der Waals surface area (Å²) in [6.45, 7) is 0.966. The third kappa shape index (κ3) is 4.07. The Balaban J connectivity index is 1.47. The molecule has 140 valence electrons. The first-order valence-corrected chi connectivity index (χ1v) is 9.13. The Morgan fingerprint density at radius 3 is 2.89 bits per heavy atom. The molecule has 1 amide bonds. The van der Waals surface area contributed by atoms with Crippen molar-refractivity contribution in [3.8, 4) is 0 Å². The van der Waals surface area contributed by atoms with Gasteiger partial charge in [-0.2, -0.15) is 0 Å². The van der Waals surface area contributed by atoms with Crippen LogP contribution in [0.4, 0.5) is 4.39 Å². The van der Waals surface area contributed by atoms with E-state index in [1.54, 1.807) is 41.6 Å². The largest absolute Gasteiger partial charge is 0.443 e. The highest BCUT2D eigenvalue weighted by Crippen LogP contribution is 2.31. The van der Waals surface area contributed by atoms with Crippen LogP contribution in [-0.4, -0.2) is 31.9 Å². The second-order valence-corrected chi connectivity index (χ2v) is 6.80. The molecule has 0 N–H and O–H groups in total. The van der Waals surface area contributed by atoms with Crippen molar-refractivity contribution in [3.63, 3.8) is 0 Å². The lowest BCUT2D eigenvalue weighted by atomic mass is 10.0. The van der Waals surface area contributed by atoms with Crippen molar-refractivity contribution in [3.05, 3.63) is 72.2 Å². The van der Waals surface area contributed by atoms with Crippen molar-refractivity contribution in [1.29, 1.82) is 0 Å². The van der Waals surface area contributed by atoms with Crippen LogP contribution in [0.25, 0.3) is 0 Å². The summed E-state index contributed by atoms with van der Waals surface area (Å²) in [6.07, 6.45) is 10.2. The molecule has 4 rings (SSSR count). The van der Waals surface area contributed by atoms with Gasteiger partial charge in [0.2, 0.25) is 11.8 Å². The van der Waals surface area contributed by atoms with Crippen LogP contribution in [0.5, 0.6) is 0 Å². The maximum absolute atomic E-state index is 13.0. The van der Waals surface area contributed by atoms with E-state index in [4.69, 9.17) is 4.42 Å². The number of aromatic nitrogens is 3. The molecule has 0 aliphatic carbocycles. The number of imidazole rings is 1. The Morgan fingerprint density at radius 2 is 2.11 bits per heavy atom. The summed E-state index contributed by atoms with van der Waals surface area (Å²) in [5, 5.41) is 0. The minimum atomic E-state index is -0.258. The number of carbonyl (C=O) groups is 1. The summed E-state index contributed by atoms with van der Waals surface area (Å²) < 4.78 is 20.8. The predicted molar refractivity (Wildman–Crippen MR) is 96.2 cm³/mol. The molecule has 1 aliphatic rings. The Kier molecular flexibility index (Phi) is 5.00. The van der Waals surface area contributed by atoms with Crippen molar-refractivity contribution in [2.75, 3.05) is 6.54 Å². The number of hydrogen-bond acceptors (Lipinski definition) is 4. The Morgan fingerprint density at radius 1 is 1.26 bits per heavy atom. The summed E-state index contributed by atoms with van der Waals surface area (Å²) in [4.78, 5) is 23.0. The summed E-state index contributed by atoms with van der Waals surface area (Å²) in [5.41, 5.74) is 0.954. The highest BCUT2D eigenvalue weighted by molar-refractivity contribution is 5.76. The van der Waals surface area contributed by atoms with Gasteiger partial charge in [-0.25, -0.2) is 14.4 Å². The Hall–Kier alpha value is -2.96. The van der Waals surface area contributed by atoms with E-state index < -0.39 is 0 Å². The van der Waals surface area contributed by atoms with E-state index in [2.05, 4.69) is 9.97 Å². The molecule has 6 nitrogen and oxygen atoms in total. The minimum Gasteiger partial charge on any atom is -0.443 e. The number of halogens is 1. The summed E-state index contributed by atoms with van der Waals surface area (Å²) in [6, 6.07) is 6.20. The quantitative estimate of drug-likeness (QED) is 0.693. The second kappa shape index (κ2) is 7.73. The molecule has 0 saturated carbocycles. The highest BCUT2D eigenvalue weighted by Gasteiger charge is 2.31. The van der Waals surface area contributed by atoms with Gasteiger partial charge in [0.1, 0.15) is 24.2 Å². The molecule has 1 atom stereocenters. The molecule has 1 aliphatic heterocycles. The van der Waals surface area contributed by atoms with Crippen LogP contribution >= 0.6 is 0 Å².